The fourth-order valence-corrected chi connectivity index (χ4v) is 2.49. The van der Waals surface area contributed by atoms with Crippen molar-refractivity contribution in [3.05, 3.63) is 29.8 Å². The third-order valence-corrected chi connectivity index (χ3v) is 3.67. The van der Waals surface area contributed by atoms with E-state index < -0.39 is 18.2 Å². The van der Waals surface area contributed by atoms with Gasteiger partial charge in [-0.05, 0) is 37.8 Å². The zero-order chi connectivity index (χ0) is 14.1. The van der Waals surface area contributed by atoms with Crippen LogP contribution in [-0.4, -0.2) is 22.9 Å². The van der Waals surface area contributed by atoms with Crippen molar-refractivity contribution in [1.82, 2.24) is 0 Å². The van der Waals surface area contributed by atoms with Gasteiger partial charge in [-0.2, -0.15) is 13.2 Å². The largest absolute Gasteiger partial charge is 0.389 e. The van der Waals surface area contributed by atoms with Gasteiger partial charge in [0.25, 0.3) is 0 Å². The normalized spacial score (nSPS) is 21.6. The quantitative estimate of drug-likeness (QED) is 0.880. The maximum Gasteiger partial charge on any atom is 0.389 e. The maximum absolute atomic E-state index is 12.1. The Hall–Kier alpha value is -1.23. The SMILES string of the molecule is CC(O)(CCCC(F)(F)F)C1Cc2ccccc2N1. The Balaban J connectivity index is 1.92. The molecule has 0 aromatic heterocycles. The van der Waals surface area contributed by atoms with Crippen molar-refractivity contribution in [1.29, 1.82) is 0 Å². The van der Waals surface area contributed by atoms with Crippen LogP contribution in [0.2, 0.25) is 0 Å². The highest BCUT2D eigenvalue weighted by Crippen LogP contribution is 2.33. The van der Waals surface area contributed by atoms with Crippen molar-refractivity contribution >= 4 is 5.69 Å². The van der Waals surface area contributed by atoms with E-state index in [1.54, 1.807) is 6.92 Å². The molecule has 0 radical (unpaired) electrons. The second-order valence-corrected chi connectivity index (χ2v) is 5.38. The second-order valence-electron chi connectivity index (χ2n) is 5.38. The monoisotopic (exact) mass is 273 g/mol. The van der Waals surface area contributed by atoms with E-state index in [0.717, 1.165) is 11.3 Å². The summed E-state index contributed by atoms with van der Waals surface area (Å²) in [6, 6.07) is 7.47. The van der Waals surface area contributed by atoms with Gasteiger partial charge in [-0.3, -0.25) is 0 Å². The molecule has 0 saturated heterocycles. The van der Waals surface area contributed by atoms with Gasteiger partial charge in [0.15, 0.2) is 0 Å². The third kappa shape index (κ3) is 3.62. The van der Waals surface area contributed by atoms with E-state index in [2.05, 4.69) is 5.32 Å². The summed E-state index contributed by atoms with van der Waals surface area (Å²) < 4.78 is 36.4. The Morgan fingerprint density at radius 2 is 1.95 bits per heavy atom. The lowest BCUT2D eigenvalue weighted by Gasteiger charge is -2.30. The molecule has 106 valence electrons. The molecule has 0 saturated carbocycles. The van der Waals surface area contributed by atoms with Crippen LogP contribution in [0, 0.1) is 0 Å². The summed E-state index contributed by atoms with van der Waals surface area (Å²) >= 11 is 0. The number of aliphatic hydroxyl groups is 1. The summed E-state index contributed by atoms with van der Waals surface area (Å²) in [6.07, 6.45) is -4.26. The number of halogens is 3. The van der Waals surface area contributed by atoms with Crippen LogP contribution < -0.4 is 5.32 Å². The highest BCUT2D eigenvalue weighted by Gasteiger charge is 2.37. The molecule has 1 aliphatic rings. The lowest BCUT2D eigenvalue weighted by atomic mass is 9.88. The maximum atomic E-state index is 12.1. The second kappa shape index (κ2) is 5.04. The van der Waals surface area contributed by atoms with Crippen molar-refractivity contribution in [3.63, 3.8) is 0 Å². The molecule has 2 N–H and O–H groups in total. The van der Waals surface area contributed by atoms with Gasteiger partial charge < -0.3 is 10.4 Å². The van der Waals surface area contributed by atoms with Gasteiger partial charge in [0.1, 0.15) is 0 Å². The predicted molar refractivity (Wildman–Crippen MR) is 68.1 cm³/mol. The van der Waals surface area contributed by atoms with Crippen LogP contribution in [0.4, 0.5) is 18.9 Å². The van der Waals surface area contributed by atoms with Crippen LogP contribution in [0.3, 0.4) is 0 Å². The predicted octanol–water partition coefficient (Wildman–Crippen LogP) is 3.51. The summed E-state index contributed by atoms with van der Waals surface area (Å²) in [7, 11) is 0. The summed E-state index contributed by atoms with van der Waals surface area (Å²) in [5, 5.41) is 13.5. The summed E-state index contributed by atoms with van der Waals surface area (Å²) in [6.45, 7) is 1.60. The first-order valence-electron chi connectivity index (χ1n) is 6.41. The van der Waals surface area contributed by atoms with E-state index >= 15 is 0 Å². The van der Waals surface area contributed by atoms with Crippen LogP contribution in [0.5, 0.6) is 0 Å². The first kappa shape index (κ1) is 14.2. The molecule has 2 rings (SSSR count). The smallest absolute Gasteiger partial charge is 0.388 e. The summed E-state index contributed by atoms with van der Waals surface area (Å²) in [5.41, 5.74) is 0.928. The molecule has 0 amide bonds. The van der Waals surface area contributed by atoms with Crippen LogP contribution in [0.25, 0.3) is 0 Å². The fourth-order valence-electron chi connectivity index (χ4n) is 2.49. The standard InChI is InChI=1S/C14H18F3NO/c1-13(19,7-4-8-14(15,16)17)12-9-10-5-2-3-6-11(10)18-12/h2-3,5-6,12,18-19H,4,7-9H2,1H3. The molecule has 1 aromatic carbocycles. The highest BCUT2D eigenvalue weighted by molar-refractivity contribution is 5.57. The van der Waals surface area contributed by atoms with Crippen LogP contribution in [0.1, 0.15) is 31.7 Å². The molecular weight excluding hydrogens is 255 g/mol. The zero-order valence-corrected chi connectivity index (χ0v) is 10.8. The third-order valence-electron chi connectivity index (χ3n) is 3.67. The number of hydrogen-bond acceptors (Lipinski definition) is 2. The van der Waals surface area contributed by atoms with Crippen molar-refractivity contribution < 1.29 is 18.3 Å². The number of hydrogen-bond donors (Lipinski definition) is 2. The Labute approximate surface area is 110 Å². The average Bonchev–Trinajstić information content (AvgIpc) is 2.71. The topological polar surface area (TPSA) is 32.3 Å². The van der Waals surface area contributed by atoms with E-state index in [0.29, 0.717) is 6.42 Å². The molecule has 0 aliphatic carbocycles. The molecule has 2 unspecified atom stereocenters. The number of para-hydroxylation sites is 1. The van der Waals surface area contributed by atoms with Crippen molar-refractivity contribution in [2.24, 2.45) is 0 Å². The molecule has 1 heterocycles. The van der Waals surface area contributed by atoms with Crippen LogP contribution >= 0.6 is 0 Å². The Bertz CT molecular complexity index is 418. The van der Waals surface area contributed by atoms with E-state index in [4.69, 9.17) is 0 Å². The minimum absolute atomic E-state index is 0.0506. The molecule has 1 aliphatic heterocycles. The zero-order valence-electron chi connectivity index (χ0n) is 10.8. The molecule has 5 heteroatoms. The lowest BCUT2D eigenvalue weighted by Crippen LogP contribution is -2.43. The number of nitrogens with one attached hydrogen (secondary N) is 1. The number of anilines is 1. The van der Waals surface area contributed by atoms with E-state index in [1.807, 2.05) is 24.3 Å². The Kier molecular flexibility index (Phi) is 3.76. The highest BCUT2D eigenvalue weighted by atomic mass is 19.4. The van der Waals surface area contributed by atoms with E-state index in [-0.39, 0.29) is 18.9 Å². The number of rotatable bonds is 4. The molecule has 0 spiro atoms. The summed E-state index contributed by atoms with van der Waals surface area (Å²) in [5.74, 6) is 0. The van der Waals surface area contributed by atoms with Gasteiger partial charge in [-0.25, -0.2) is 0 Å². The molecule has 2 nitrogen and oxygen atoms in total. The fraction of sp³-hybridized carbons (Fsp3) is 0.571. The van der Waals surface area contributed by atoms with Gasteiger partial charge >= 0.3 is 6.18 Å². The minimum atomic E-state index is -4.15. The Morgan fingerprint density at radius 3 is 2.58 bits per heavy atom. The molecular formula is C14H18F3NO. The molecule has 1 aromatic rings. The van der Waals surface area contributed by atoms with Gasteiger partial charge in [-0.1, -0.05) is 18.2 Å². The first-order valence-corrected chi connectivity index (χ1v) is 6.41. The van der Waals surface area contributed by atoms with Crippen molar-refractivity contribution in [2.45, 2.75) is 50.4 Å². The van der Waals surface area contributed by atoms with E-state index in [9.17, 15) is 18.3 Å². The van der Waals surface area contributed by atoms with Gasteiger partial charge in [-0.15, -0.1) is 0 Å². The number of fused-ring (bicyclic) bond motifs is 1. The minimum Gasteiger partial charge on any atom is -0.388 e. The molecule has 0 bridgehead atoms. The van der Waals surface area contributed by atoms with Gasteiger partial charge in [0.05, 0.1) is 11.6 Å². The Morgan fingerprint density at radius 1 is 1.26 bits per heavy atom. The number of alkyl halides is 3. The number of benzene rings is 1. The van der Waals surface area contributed by atoms with Crippen molar-refractivity contribution in [2.75, 3.05) is 5.32 Å². The molecule has 19 heavy (non-hydrogen) atoms. The molecule has 2 atom stereocenters. The average molecular weight is 273 g/mol. The van der Waals surface area contributed by atoms with Crippen molar-refractivity contribution in [3.8, 4) is 0 Å². The summed E-state index contributed by atoms with van der Waals surface area (Å²) in [4.78, 5) is 0. The first-order chi connectivity index (χ1) is 8.78. The molecule has 0 fully saturated rings. The van der Waals surface area contributed by atoms with Gasteiger partial charge in [0, 0.05) is 12.1 Å². The van der Waals surface area contributed by atoms with Crippen LogP contribution in [0.15, 0.2) is 24.3 Å². The lowest BCUT2D eigenvalue weighted by molar-refractivity contribution is -0.137. The van der Waals surface area contributed by atoms with E-state index in [1.165, 1.54) is 0 Å². The van der Waals surface area contributed by atoms with Crippen LogP contribution in [-0.2, 0) is 6.42 Å². The van der Waals surface area contributed by atoms with Gasteiger partial charge in [0.2, 0.25) is 0 Å².